The summed E-state index contributed by atoms with van der Waals surface area (Å²) in [5.74, 6) is -1.93. The van der Waals surface area contributed by atoms with E-state index in [-0.39, 0.29) is 22.9 Å². The van der Waals surface area contributed by atoms with Gasteiger partial charge >= 0.3 is 5.97 Å². The molecule has 0 aromatic carbocycles. The first-order valence-corrected chi connectivity index (χ1v) is 13.4. The fraction of sp³-hybridized carbons (Fsp3) is 0.767. The third-order valence-corrected chi connectivity index (χ3v) is 11.0. The summed E-state index contributed by atoms with van der Waals surface area (Å²) >= 11 is 0. The predicted molar refractivity (Wildman–Crippen MR) is 136 cm³/mol. The Balaban J connectivity index is 1.78. The van der Waals surface area contributed by atoms with Gasteiger partial charge in [0, 0.05) is 35.5 Å². The third kappa shape index (κ3) is 3.62. The number of carboxylic acid groups (broad SMARTS) is 1. The normalized spacial score (nSPS) is 41.1. The van der Waals surface area contributed by atoms with Crippen molar-refractivity contribution in [2.75, 3.05) is 0 Å². The van der Waals surface area contributed by atoms with Crippen LogP contribution in [0.25, 0.3) is 0 Å². The molecule has 2 N–H and O–H groups in total. The Morgan fingerprint density at radius 1 is 1.06 bits per heavy atom. The number of hydrogen-bond acceptors (Lipinski definition) is 4. The van der Waals surface area contributed by atoms with Crippen LogP contribution in [0.3, 0.4) is 0 Å². The van der Waals surface area contributed by atoms with Crippen LogP contribution < -0.4 is 0 Å². The lowest BCUT2D eigenvalue weighted by atomic mass is 9.43. The maximum atomic E-state index is 13.7. The second kappa shape index (κ2) is 8.39. The smallest absolute Gasteiger partial charge is 0.307 e. The Morgan fingerprint density at radius 3 is 2.31 bits per heavy atom. The highest BCUT2D eigenvalue weighted by atomic mass is 16.4. The fourth-order valence-corrected chi connectivity index (χ4v) is 9.13. The van der Waals surface area contributed by atoms with Gasteiger partial charge in [-0.25, -0.2) is 0 Å². The molecule has 5 heteroatoms. The second-order valence-electron chi connectivity index (χ2n) is 13.4. The molecule has 194 valence electrons. The van der Waals surface area contributed by atoms with Crippen LogP contribution in [0.5, 0.6) is 0 Å². The van der Waals surface area contributed by atoms with Crippen molar-refractivity contribution in [1.82, 2.24) is 0 Å². The van der Waals surface area contributed by atoms with Gasteiger partial charge in [0.1, 0.15) is 11.6 Å². The number of aliphatic hydroxyl groups is 1. The van der Waals surface area contributed by atoms with E-state index in [1.807, 2.05) is 27.7 Å². The van der Waals surface area contributed by atoms with E-state index in [1.54, 1.807) is 0 Å². The molecule has 0 spiro atoms. The number of aliphatic carboxylic acids is 1. The maximum Gasteiger partial charge on any atom is 0.307 e. The molecule has 2 saturated carbocycles. The molecule has 35 heavy (non-hydrogen) atoms. The van der Waals surface area contributed by atoms with E-state index in [9.17, 15) is 24.6 Å². The van der Waals surface area contributed by atoms with Crippen LogP contribution >= 0.6 is 0 Å². The van der Waals surface area contributed by atoms with Gasteiger partial charge in [-0.15, -0.1) is 0 Å². The van der Waals surface area contributed by atoms with Gasteiger partial charge in [-0.3, -0.25) is 14.4 Å². The molecular formula is C30H44O5. The van der Waals surface area contributed by atoms with Crippen LogP contribution in [0, 0.1) is 39.4 Å². The lowest BCUT2D eigenvalue weighted by Gasteiger charge is -2.61. The quantitative estimate of drug-likeness (QED) is 0.474. The minimum Gasteiger partial charge on any atom is -0.481 e. The number of carbonyl (C=O) groups is 3. The number of rotatable bonds is 5. The molecule has 0 unspecified atom stereocenters. The SMILES string of the molecule is CC(C)=CCC[C@@H](C(=O)O)[C@H]1C(=O)C[C@@]2(C)C3=C(CC[C@]12C)[C@@]1(C)CCC(=O)C(C)(C)[C@@H]1[C@@H](O)C3. The lowest BCUT2D eigenvalue weighted by molar-refractivity contribution is -0.151. The Labute approximate surface area is 210 Å². The number of allylic oxidation sites excluding steroid dienone is 3. The number of aliphatic hydroxyl groups excluding tert-OH is 1. The number of carbonyl (C=O) groups excluding carboxylic acids is 2. The van der Waals surface area contributed by atoms with Crippen LogP contribution in [0.2, 0.25) is 0 Å². The zero-order chi connectivity index (χ0) is 26.1. The summed E-state index contributed by atoms with van der Waals surface area (Å²) in [6.07, 6.45) is 6.21. The van der Waals surface area contributed by atoms with Crippen molar-refractivity contribution in [2.24, 2.45) is 39.4 Å². The highest BCUT2D eigenvalue weighted by Crippen LogP contribution is 2.71. The first kappa shape index (κ1) is 26.3. The molecule has 2 fully saturated rings. The fourth-order valence-electron chi connectivity index (χ4n) is 9.13. The molecule has 0 radical (unpaired) electrons. The topological polar surface area (TPSA) is 91.7 Å². The molecule has 0 amide bonds. The van der Waals surface area contributed by atoms with Crippen molar-refractivity contribution in [1.29, 1.82) is 0 Å². The van der Waals surface area contributed by atoms with Gasteiger partial charge in [0.25, 0.3) is 0 Å². The molecule has 0 aliphatic heterocycles. The van der Waals surface area contributed by atoms with Crippen molar-refractivity contribution < 1.29 is 24.6 Å². The van der Waals surface area contributed by atoms with Crippen molar-refractivity contribution in [2.45, 2.75) is 106 Å². The Morgan fingerprint density at radius 2 is 1.71 bits per heavy atom. The minimum atomic E-state index is -0.876. The highest BCUT2D eigenvalue weighted by molar-refractivity contribution is 5.91. The van der Waals surface area contributed by atoms with Crippen LogP contribution in [0.15, 0.2) is 22.8 Å². The average molecular weight is 485 g/mol. The number of Topliss-reactive ketones (excluding diaryl/α,β-unsaturated/α-hetero) is 2. The van der Waals surface area contributed by atoms with E-state index >= 15 is 0 Å². The van der Waals surface area contributed by atoms with Crippen molar-refractivity contribution in [3.05, 3.63) is 22.8 Å². The van der Waals surface area contributed by atoms with Gasteiger partial charge in [0.2, 0.25) is 0 Å². The van der Waals surface area contributed by atoms with E-state index < -0.39 is 40.2 Å². The lowest BCUT2D eigenvalue weighted by Crippen LogP contribution is -2.58. The van der Waals surface area contributed by atoms with Crippen LogP contribution in [0.1, 0.15) is 99.8 Å². The average Bonchev–Trinajstić information content (AvgIpc) is 2.94. The summed E-state index contributed by atoms with van der Waals surface area (Å²) in [5.41, 5.74) is 1.91. The third-order valence-electron chi connectivity index (χ3n) is 11.0. The summed E-state index contributed by atoms with van der Waals surface area (Å²) in [4.78, 5) is 38.9. The molecule has 7 atom stereocenters. The minimum absolute atomic E-state index is 0.0641. The number of fused-ring (bicyclic) bond motifs is 4. The van der Waals surface area contributed by atoms with Gasteiger partial charge in [0.05, 0.1) is 12.0 Å². The van der Waals surface area contributed by atoms with Gasteiger partial charge in [-0.1, -0.05) is 57.4 Å². The van der Waals surface area contributed by atoms with E-state index in [0.717, 1.165) is 24.8 Å². The van der Waals surface area contributed by atoms with E-state index in [0.29, 0.717) is 32.1 Å². The summed E-state index contributed by atoms with van der Waals surface area (Å²) in [6, 6.07) is 0. The summed E-state index contributed by atoms with van der Waals surface area (Å²) < 4.78 is 0. The first-order valence-electron chi connectivity index (χ1n) is 13.4. The number of hydrogen-bond donors (Lipinski definition) is 2. The van der Waals surface area contributed by atoms with E-state index in [4.69, 9.17) is 0 Å². The van der Waals surface area contributed by atoms with Crippen LogP contribution in [0.4, 0.5) is 0 Å². The molecule has 5 nitrogen and oxygen atoms in total. The molecule has 4 aliphatic carbocycles. The molecule has 0 aromatic heterocycles. The zero-order valence-corrected chi connectivity index (χ0v) is 22.7. The standard InChI is InChI=1S/C30H44O5/c1-17(2)9-8-10-18(26(34)35)24-22(32)16-30(7)20-15-21(31)25-27(3,4)23(33)12-13-28(25,5)19(20)11-14-29(24,30)6/h9,18,21,24-25,31H,8,10-16H2,1-7H3,(H,34,35)/t18-,21+,24+,25+,28-,29-,30+/m1/s1. The van der Waals surface area contributed by atoms with E-state index in [2.05, 4.69) is 26.8 Å². The van der Waals surface area contributed by atoms with Crippen molar-refractivity contribution in [3.63, 3.8) is 0 Å². The van der Waals surface area contributed by atoms with Crippen molar-refractivity contribution >= 4 is 17.5 Å². The second-order valence-corrected chi connectivity index (χ2v) is 13.4. The molecule has 4 rings (SSSR count). The Bertz CT molecular complexity index is 1010. The largest absolute Gasteiger partial charge is 0.481 e. The summed E-state index contributed by atoms with van der Waals surface area (Å²) in [7, 11) is 0. The van der Waals surface area contributed by atoms with Crippen LogP contribution in [-0.2, 0) is 14.4 Å². The number of ketones is 2. The van der Waals surface area contributed by atoms with Gasteiger partial charge in [-0.2, -0.15) is 0 Å². The highest BCUT2D eigenvalue weighted by Gasteiger charge is 2.68. The van der Waals surface area contributed by atoms with Crippen LogP contribution in [-0.4, -0.2) is 33.9 Å². The summed E-state index contributed by atoms with van der Waals surface area (Å²) in [6.45, 7) is 14.5. The zero-order valence-electron chi connectivity index (χ0n) is 22.7. The van der Waals surface area contributed by atoms with Gasteiger partial charge in [0.15, 0.2) is 0 Å². The summed E-state index contributed by atoms with van der Waals surface area (Å²) in [5, 5.41) is 21.7. The molecule has 0 saturated heterocycles. The molecule has 0 heterocycles. The predicted octanol–water partition coefficient (Wildman–Crippen LogP) is 5.90. The monoisotopic (exact) mass is 484 g/mol. The Hall–Kier alpha value is -1.75. The van der Waals surface area contributed by atoms with E-state index in [1.165, 1.54) is 11.1 Å². The van der Waals surface area contributed by atoms with Gasteiger partial charge < -0.3 is 10.2 Å². The molecular weight excluding hydrogens is 440 g/mol. The maximum absolute atomic E-state index is 13.7. The molecule has 0 bridgehead atoms. The number of carboxylic acids is 1. The first-order chi connectivity index (χ1) is 16.1. The Kier molecular flexibility index (Phi) is 6.31. The van der Waals surface area contributed by atoms with Gasteiger partial charge in [-0.05, 0) is 63.2 Å². The molecule has 0 aromatic rings. The molecule has 4 aliphatic rings. The van der Waals surface area contributed by atoms with Crippen molar-refractivity contribution in [3.8, 4) is 0 Å².